The molecule has 2 aliphatic heterocycles. The highest BCUT2D eigenvalue weighted by molar-refractivity contribution is 8.00. The highest BCUT2D eigenvalue weighted by atomic mass is 32.2. The molecule has 1 aromatic heterocycles. The molecule has 2 saturated heterocycles. The Morgan fingerprint density at radius 1 is 1.19 bits per heavy atom. The van der Waals surface area contributed by atoms with Crippen molar-refractivity contribution in [2.75, 3.05) is 36.9 Å². The van der Waals surface area contributed by atoms with Crippen molar-refractivity contribution < 1.29 is 9.53 Å². The number of nitrogens with zero attached hydrogens (tertiary/aromatic N) is 3. The summed E-state index contributed by atoms with van der Waals surface area (Å²) in [4.78, 5) is 24.1. The Labute approximate surface area is 157 Å². The lowest BCUT2D eigenvalue weighted by Gasteiger charge is -2.19. The van der Waals surface area contributed by atoms with Crippen LogP contribution in [0.5, 0.6) is 0 Å². The van der Waals surface area contributed by atoms with Crippen molar-refractivity contribution in [1.82, 2.24) is 15.3 Å². The van der Waals surface area contributed by atoms with Gasteiger partial charge in [0.1, 0.15) is 5.03 Å². The van der Waals surface area contributed by atoms with E-state index in [1.54, 1.807) is 0 Å². The molecule has 0 spiro atoms. The maximum atomic E-state index is 12.2. The fraction of sp³-hybridized carbons (Fsp3) is 0.526. The van der Waals surface area contributed by atoms with Crippen LogP contribution in [0, 0.1) is 0 Å². The van der Waals surface area contributed by atoms with Gasteiger partial charge in [0.05, 0.1) is 22.9 Å². The minimum Gasteiger partial charge on any atom is -0.376 e. The largest absolute Gasteiger partial charge is 0.376 e. The predicted octanol–water partition coefficient (Wildman–Crippen LogP) is 2.62. The van der Waals surface area contributed by atoms with E-state index in [4.69, 9.17) is 14.7 Å². The van der Waals surface area contributed by atoms with Gasteiger partial charge in [-0.2, -0.15) is 0 Å². The lowest BCUT2D eigenvalue weighted by molar-refractivity contribution is -0.119. The molecule has 138 valence electrons. The van der Waals surface area contributed by atoms with Crippen LogP contribution in [0.2, 0.25) is 0 Å². The number of nitrogens with one attached hydrogen (secondary N) is 1. The van der Waals surface area contributed by atoms with E-state index in [0.29, 0.717) is 12.3 Å². The zero-order valence-electron chi connectivity index (χ0n) is 14.8. The maximum absolute atomic E-state index is 12.2. The molecule has 4 rings (SSSR count). The van der Waals surface area contributed by atoms with Crippen molar-refractivity contribution in [1.29, 1.82) is 0 Å². The monoisotopic (exact) mass is 372 g/mol. The predicted molar refractivity (Wildman–Crippen MR) is 104 cm³/mol. The molecule has 0 unspecified atom stereocenters. The Hall–Kier alpha value is -1.86. The second-order valence-electron chi connectivity index (χ2n) is 6.76. The number of ether oxygens (including phenoxy) is 1. The number of amides is 1. The molecule has 2 aliphatic rings. The zero-order chi connectivity index (χ0) is 17.8. The molecule has 0 saturated carbocycles. The summed E-state index contributed by atoms with van der Waals surface area (Å²) < 4.78 is 5.55. The number of para-hydroxylation sites is 2. The van der Waals surface area contributed by atoms with Crippen LogP contribution in [0.15, 0.2) is 29.3 Å². The lowest BCUT2D eigenvalue weighted by Crippen LogP contribution is -2.33. The van der Waals surface area contributed by atoms with E-state index in [9.17, 15) is 4.79 Å². The van der Waals surface area contributed by atoms with Gasteiger partial charge in [-0.3, -0.25) is 4.79 Å². The topological polar surface area (TPSA) is 67.4 Å². The number of carbonyl (C=O) groups is 1. The number of benzene rings is 1. The fourth-order valence-corrected chi connectivity index (χ4v) is 4.26. The summed E-state index contributed by atoms with van der Waals surface area (Å²) in [6, 6.07) is 7.91. The molecule has 0 aliphatic carbocycles. The van der Waals surface area contributed by atoms with Crippen LogP contribution in [-0.4, -0.2) is 54.0 Å². The molecule has 3 heterocycles. The molecule has 1 atom stereocenters. The molecule has 26 heavy (non-hydrogen) atoms. The Morgan fingerprint density at radius 3 is 2.69 bits per heavy atom. The van der Waals surface area contributed by atoms with Gasteiger partial charge in [0, 0.05) is 26.2 Å². The van der Waals surface area contributed by atoms with Gasteiger partial charge < -0.3 is 15.0 Å². The van der Waals surface area contributed by atoms with E-state index < -0.39 is 0 Å². The number of hydrogen-bond acceptors (Lipinski definition) is 6. The summed E-state index contributed by atoms with van der Waals surface area (Å²) in [7, 11) is 0. The van der Waals surface area contributed by atoms with Crippen molar-refractivity contribution in [3.05, 3.63) is 24.3 Å². The number of fused-ring (bicyclic) bond motifs is 1. The van der Waals surface area contributed by atoms with Gasteiger partial charge in [-0.1, -0.05) is 23.9 Å². The van der Waals surface area contributed by atoms with E-state index >= 15 is 0 Å². The summed E-state index contributed by atoms with van der Waals surface area (Å²) in [5.74, 6) is 1.28. The summed E-state index contributed by atoms with van der Waals surface area (Å²) >= 11 is 1.47. The van der Waals surface area contributed by atoms with Gasteiger partial charge in [0.15, 0.2) is 5.82 Å². The van der Waals surface area contributed by atoms with Crippen LogP contribution in [0.1, 0.15) is 25.7 Å². The van der Waals surface area contributed by atoms with Crippen molar-refractivity contribution in [3.63, 3.8) is 0 Å². The van der Waals surface area contributed by atoms with Crippen molar-refractivity contribution in [2.24, 2.45) is 0 Å². The smallest absolute Gasteiger partial charge is 0.230 e. The number of thioether (sulfide) groups is 1. The van der Waals surface area contributed by atoms with Crippen LogP contribution in [0.4, 0.5) is 5.82 Å². The summed E-state index contributed by atoms with van der Waals surface area (Å²) in [6.07, 6.45) is 4.65. The van der Waals surface area contributed by atoms with E-state index in [2.05, 4.69) is 10.2 Å². The molecule has 1 amide bonds. The highest BCUT2D eigenvalue weighted by Crippen LogP contribution is 2.31. The number of rotatable bonds is 6. The van der Waals surface area contributed by atoms with E-state index in [-0.39, 0.29) is 12.0 Å². The normalized spacial score (nSPS) is 20.0. The van der Waals surface area contributed by atoms with Crippen LogP contribution in [-0.2, 0) is 9.53 Å². The molecule has 0 radical (unpaired) electrons. The van der Waals surface area contributed by atoms with Crippen LogP contribution in [0.25, 0.3) is 11.0 Å². The van der Waals surface area contributed by atoms with Gasteiger partial charge in [-0.15, -0.1) is 0 Å². The Kier molecular flexibility index (Phi) is 5.55. The summed E-state index contributed by atoms with van der Waals surface area (Å²) in [5.41, 5.74) is 1.78. The highest BCUT2D eigenvalue weighted by Gasteiger charge is 2.21. The summed E-state index contributed by atoms with van der Waals surface area (Å²) in [5, 5.41) is 3.82. The second-order valence-corrected chi connectivity index (χ2v) is 7.73. The Balaban J connectivity index is 1.45. The van der Waals surface area contributed by atoms with Gasteiger partial charge in [-0.05, 0) is 37.8 Å². The zero-order valence-corrected chi connectivity index (χ0v) is 15.6. The fourth-order valence-electron chi connectivity index (χ4n) is 3.42. The molecule has 2 fully saturated rings. The minimum absolute atomic E-state index is 0.0211. The first kappa shape index (κ1) is 17.5. The van der Waals surface area contributed by atoms with E-state index in [0.717, 1.165) is 54.4 Å². The molecular weight excluding hydrogens is 348 g/mol. The number of anilines is 1. The maximum Gasteiger partial charge on any atom is 0.230 e. The molecule has 0 bridgehead atoms. The van der Waals surface area contributed by atoms with Gasteiger partial charge >= 0.3 is 0 Å². The third-order valence-electron chi connectivity index (χ3n) is 4.82. The van der Waals surface area contributed by atoms with Crippen LogP contribution in [0.3, 0.4) is 0 Å². The SMILES string of the molecule is O=C(CSc1nc2ccccc2nc1N1CCCC1)NC[C@@H]1CCCO1. The van der Waals surface area contributed by atoms with Crippen LogP contribution < -0.4 is 10.2 Å². The van der Waals surface area contributed by atoms with Crippen molar-refractivity contribution in [3.8, 4) is 0 Å². The first-order valence-corrected chi connectivity index (χ1v) is 10.3. The minimum atomic E-state index is 0.0211. The van der Waals surface area contributed by atoms with E-state index in [1.807, 2.05) is 24.3 Å². The third kappa shape index (κ3) is 4.10. The first-order chi connectivity index (χ1) is 12.8. The van der Waals surface area contributed by atoms with Crippen molar-refractivity contribution in [2.45, 2.75) is 36.8 Å². The molecule has 7 heteroatoms. The standard InChI is InChI=1S/C19H24N4O2S/c24-17(20-12-14-6-5-11-25-14)13-26-19-18(23-9-3-4-10-23)21-15-7-1-2-8-16(15)22-19/h1-2,7-8,14H,3-6,9-13H2,(H,20,24)/t14-/m0/s1. The lowest BCUT2D eigenvalue weighted by atomic mass is 10.2. The number of aromatic nitrogens is 2. The second kappa shape index (κ2) is 8.22. The van der Waals surface area contributed by atoms with Gasteiger partial charge in [-0.25, -0.2) is 9.97 Å². The third-order valence-corrected chi connectivity index (χ3v) is 5.77. The molecule has 1 aromatic carbocycles. The van der Waals surface area contributed by atoms with Gasteiger partial charge in [0.25, 0.3) is 0 Å². The number of hydrogen-bond donors (Lipinski definition) is 1. The Morgan fingerprint density at radius 2 is 1.96 bits per heavy atom. The average Bonchev–Trinajstić information content (AvgIpc) is 3.37. The van der Waals surface area contributed by atoms with E-state index in [1.165, 1.54) is 24.6 Å². The Bertz CT molecular complexity index is 773. The van der Waals surface area contributed by atoms with Gasteiger partial charge in [0.2, 0.25) is 5.91 Å². The first-order valence-electron chi connectivity index (χ1n) is 9.32. The van der Waals surface area contributed by atoms with Crippen LogP contribution >= 0.6 is 11.8 Å². The number of carbonyl (C=O) groups excluding carboxylic acids is 1. The molecule has 2 aromatic rings. The molecular formula is C19H24N4O2S. The van der Waals surface area contributed by atoms with Crippen molar-refractivity contribution >= 4 is 34.5 Å². The quantitative estimate of drug-likeness (QED) is 0.786. The average molecular weight is 372 g/mol. The summed E-state index contributed by atoms with van der Waals surface area (Å²) in [6.45, 7) is 3.42. The molecule has 1 N–H and O–H groups in total. The molecule has 6 nitrogen and oxygen atoms in total.